The molecule has 0 aliphatic carbocycles. The Labute approximate surface area is 135 Å². The minimum absolute atomic E-state index is 0.139. The fourth-order valence-electron chi connectivity index (χ4n) is 2.55. The Balaban J connectivity index is 2.31. The maximum Gasteiger partial charge on any atom is 0.261 e. The number of thiophene rings is 1. The summed E-state index contributed by atoms with van der Waals surface area (Å²) in [6, 6.07) is 1.48. The standard InChI is InChI=1S/C14H22N2O4S2/c1-5-15-14(17)12-6-13(11(4)21-12)22(18,19)16-7-9(2)20-10(3)8-16/h6,9-10H,5,7-8H2,1-4H3,(H,15,17). The Hall–Kier alpha value is -0.960. The predicted octanol–water partition coefficient (Wildman–Crippen LogP) is 1.60. The van der Waals surface area contributed by atoms with Crippen molar-refractivity contribution < 1.29 is 17.9 Å². The summed E-state index contributed by atoms with van der Waals surface area (Å²) in [4.78, 5) is 13.2. The number of amides is 1. The summed E-state index contributed by atoms with van der Waals surface area (Å²) in [6.07, 6.45) is -0.277. The molecule has 1 aromatic heterocycles. The first-order valence-corrected chi connectivity index (χ1v) is 9.55. The van der Waals surface area contributed by atoms with Crippen LogP contribution in [0.25, 0.3) is 0 Å². The Morgan fingerprint density at radius 2 is 2.00 bits per heavy atom. The summed E-state index contributed by atoms with van der Waals surface area (Å²) < 4.78 is 32.7. The molecule has 2 atom stereocenters. The molecule has 1 fully saturated rings. The van der Waals surface area contributed by atoms with E-state index in [0.717, 1.165) is 0 Å². The van der Waals surface area contributed by atoms with Crippen LogP contribution in [0.1, 0.15) is 35.3 Å². The summed E-state index contributed by atoms with van der Waals surface area (Å²) in [5, 5.41) is 2.69. The summed E-state index contributed by atoms with van der Waals surface area (Å²) in [7, 11) is -3.60. The van der Waals surface area contributed by atoms with Gasteiger partial charge in [0.1, 0.15) is 0 Å². The lowest BCUT2D eigenvalue weighted by atomic mass is 10.3. The van der Waals surface area contributed by atoms with E-state index in [-0.39, 0.29) is 23.0 Å². The molecular formula is C14H22N2O4S2. The minimum Gasteiger partial charge on any atom is -0.373 e. The third-order valence-electron chi connectivity index (χ3n) is 3.44. The summed E-state index contributed by atoms with van der Waals surface area (Å²) >= 11 is 1.21. The first-order chi connectivity index (χ1) is 10.3. The molecule has 22 heavy (non-hydrogen) atoms. The van der Waals surface area contributed by atoms with Crippen LogP contribution >= 0.6 is 11.3 Å². The largest absolute Gasteiger partial charge is 0.373 e. The third-order valence-corrected chi connectivity index (χ3v) is 6.57. The van der Waals surface area contributed by atoms with Gasteiger partial charge in [0.25, 0.3) is 5.91 Å². The second-order valence-electron chi connectivity index (χ2n) is 5.47. The Kier molecular flexibility index (Phi) is 5.26. The molecule has 8 heteroatoms. The third kappa shape index (κ3) is 3.51. The van der Waals surface area contributed by atoms with Crippen molar-refractivity contribution in [1.82, 2.24) is 9.62 Å². The van der Waals surface area contributed by atoms with Crippen LogP contribution in [0.2, 0.25) is 0 Å². The van der Waals surface area contributed by atoms with Crippen LogP contribution in [-0.2, 0) is 14.8 Å². The van der Waals surface area contributed by atoms with Gasteiger partial charge in [-0.2, -0.15) is 4.31 Å². The van der Waals surface area contributed by atoms with E-state index in [2.05, 4.69) is 5.32 Å². The van der Waals surface area contributed by atoms with Gasteiger partial charge in [0.15, 0.2) is 0 Å². The predicted molar refractivity (Wildman–Crippen MR) is 85.8 cm³/mol. The van der Waals surface area contributed by atoms with E-state index in [4.69, 9.17) is 4.74 Å². The highest BCUT2D eigenvalue weighted by atomic mass is 32.2. The highest BCUT2D eigenvalue weighted by Gasteiger charge is 2.34. The summed E-state index contributed by atoms with van der Waals surface area (Å²) in [6.45, 7) is 8.45. The van der Waals surface area contributed by atoms with Crippen molar-refractivity contribution in [3.05, 3.63) is 15.8 Å². The fourth-order valence-corrected chi connectivity index (χ4v) is 5.61. The van der Waals surface area contributed by atoms with E-state index in [1.807, 2.05) is 20.8 Å². The lowest BCUT2D eigenvalue weighted by Crippen LogP contribution is -2.48. The van der Waals surface area contributed by atoms with Crippen molar-refractivity contribution in [2.45, 2.75) is 44.8 Å². The van der Waals surface area contributed by atoms with Gasteiger partial charge in [-0.3, -0.25) is 4.79 Å². The van der Waals surface area contributed by atoms with Gasteiger partial charge in [-0.15, -0.1) is 11.3 Å². The van der Waals surface area contributed by atoms with Gasteiger partial charge in [0.2, 0.25) is 10.0 Å². The molecule has 2 unspecified atom stereocenters. The van der Waals surface area contributed by atoms with E-state index in [1.54, 1.807) is 6.92 Å². The van der Waals surface area contributed by atoms with E-state index >= 15 is 0 Å². The summed E-state index contributed by atoms with van der Waals surface area (Å²) in [5.74, 6) is -0.235. The number of sulfonamides is 1. The van der Waals surface area contributed by atoms with Crippen LogP contribution in [0, 0.1) is 6.92 Å². The molecule has 0 spiro atoms. The van der Waals surface area contributed by atoms with E-state index in [0.29, 0.717) is 29.4 Å². The quantitative estimate of drug-likeness (QED) is 0.898. The molecule has 1 N–H and O–H groups in total. The molecule has 1 aliphatic heterocycles. The van der Waals surface area contributed by atoms with Gasteiger partial charge in [-0.05, 0) is 33.8 Å². The van der Waals surface area contributed by atoms with Gasteiger partial charge in [-0.1, -0.05) is 0 Å². The molecule has 2 heterocycles. The first-order valence-electron chi connectivity index (χ1n) is 7.30. The zero-order valence-corrected chi connectivity index (χ0v) is 14.9. The number of morpholine rings is 1. The Morgan fingerprint density at radius 1 is 1.41 bits per heavy atom. The van der Waals surface area contributed by atoms with Gasteiger partial charge in [0, 0.05) is 24.5 Å². The zero-order chi connectivity index (χ0) is 16.5. The molecule has 2 rings (SSSR count). The molecule has 0 radical (unpaired) electrons. The van der Waals surface area contributed by atoms with Crippen LogP contribution in [0.4, 0.5) is 0 Å². The first kappa shape index (κ1) is 17.4. The number of nitrogens with zero attached hydrogens (tertiary/aromatic N) is 1. The van der Waals surface area contributed by atoms with Crippen molar-refractivity contribution in [3.8, 4) is 0 Å². The smallest absolute Gasteiger partial charge is 0.261 e. The molecule has 0 bridgehead atoms. The van der Waals surface area contributed by atoms with Crippen LogP contribution in [-0.4, -0.2) is 50.5 Å². The van der Waals surface area contributed by atoms with Crippen molar-refractivity contribution in [3.63, 3.8) is 0 Å². The van der Waals surface area contributed by atoms with Crippen molar-refractivity contribution in [1.29, 1.82) is 0 Å². The van der Waals surface area contributed by atoms with Crippen LogP contribution in [0.5, 0.6) is 0 Å². The Morgan fingerprint density at radius 3 is 2.55 bits per heavy atom. The molecule has 1 amide bonds. The maximum absolute atomic E-state index is 12.8. The number of hydrogen-bond acceptors (Lipinski definition) is 5. The topological polar surface area (TPSA) is 75.7 Å². The number of carbonyl (C=O) groups is 1. The maximum atomic E-state index is 12.8. The number of hydrogen-bond donors (Lipinski definition) is 1. The van der Waals surface area contributed by atoms with Gasteiger partial charge in [0.05, 0.1) is 22.0 Å². The van der Waals surface area contributed by atoms with Gasteiger partial charge >= 0.3 is 0 Å². The minimum atomic E-state index is -3.60. The van der Waals surface area contributed by atoms with Crippen LogP contribution in [0.3, 0.4) is 0 Å². The number of carbonyl (C=O) groups excluding carboxylic acids is 1. The highest BCUT2D eigenvalue weighted by molar-refractivity contribution is 7.89. The zero-order valence-electron chi connectivity index (χ0n) is 13.3. The number of aryl methyl sites for hydroxylation is 1. The highest BCUT2D eigenvalue weighted by Crippen LogP contribution is 2.29. The molecule has 1 aromatic rings. The Bertz CT molecular complexity index is 644. The normalized spacial score (nSPS) is 23.5. The van der Waals surface area contributed by atoms with E-state index in [1.165, 1.54) is 21.7 Å². The molecule has 0 aromatic carbocycles. The second-order valence-corrected chi connectivity index (χ2v) is 8.63. The van der Waals surface area contributed by atoms with E-state index in [9.17, 15) is 13.2 Å². The molecule has 0 saturated carbocycles. The SMILES string of the molecule is CCNC(=O)c1cc(S(=O)(=O)N2CC(C)OC(C)C2)c(C)s1. The average Bonchev–Trinajstić information content (AvgIpc) is 2.81. The number of nitrogens with one attached hydrogen (secondary N) is 1. The van der Waals surface area contributed by atoms with Gasteiger partial charge in [-0.25, -0.2) is 8.42 Å². The lowest BCUT2D eigenvalue weighted by Gasteiger charge is -2.34. The van der Waals surface area contributed by atoms with Crippen LogP contribution < -0.4 is 5.32 Å². The molecule has 6 nitrogen and oxygen atoms in total. The van der Waals surface area contributed by atoms with Crippen molar-refractivity contribution >= 4 is 27.3 Å². The number of ether oxygens (including phenoxy) is 1. The molecule has 1 aliphatic rings. The van der Waals surface area contributed by atoms with E-state index < -0.39 is 10.0 Å². The number of rotatable bonds is 4. The van der Waals surface area contributed by atoms with Crippen molar-refractivity contribution in [2.24, 2.45) is 0 Å². The van der Waals surface area contributed by atoms with Gasteiger partial charge < -0.3 is 10.1 Å². The average molecular weight is 346 g/mol. The van der Waals surface area contributed by atoms with Crippen molar-refractivity contribution in [2.75, 3.05) is 19.6 Å². The summed E-state index contributed by atoms with van der Waals surface area (Å²) in [5.41, 5.74) is 0. The lowest BCUT2D eigenvalue weighted by molar-refractivity contribution is -0.0440. The molecule has 124 valence electrons. The second kappa shape index (κ2) is 6.66. The van der Waals surface area contributed by atoms with Crippen LogP contribution in [0.15, 0.2) is 11.0 Å². The molecular weight excluding hydrogens is 324 g/mol. The fraction of sp³-hybridized carbons (Fsp3) is 0.643. The molecule has 1 saturated heterocycles. The monoisotopic (exact) mass is 346 g/mol.